The van der Waals surface area contributed by atoms with Crippen molar-refractivity contribution < 1.29 is 10.2 Å². The Bertz CT molecular complexity index is 624. The first-order chi connectivity index (χ1) is 9.13. The summed E-state index contributed by atoms with van der Waals surface area (Å²) < 4.78 is 1.36. The van der Waals surface area contributed by atoms with E-state index >= 15 is 0 Å². The van der Waals surface area contributed by atoms with Crippen LogP contribution in [0.5, 0.6) is 0 Å². The normalized spacial score (nSPS) is 14.1. The van der Waals surface area contributed by atoms with Crippen LogP contribution in [0, 0.1) is 0 Å². The summed E-state index contributed by atoms with van der Waals surface area (Å²) in [6.45, 7) is 0.0969. The number of aromatic nitrogens is 3. The number of fused-ring (bicyclic) bond motifs is 1. The maximum atomic E-state index is 10.0. The van der Waals surface area contributed by atoms with Crippen LogP contribution in [0.3, 0.4) is 0 Å². The second kappa shape index (κ2) is 5.85. The molecule has 0 bridgehead atoms. The van der Waals surface area contributed by atoms with Gasteiger partial charge in [0.15, 0.2) is 5.65 Å². The van der Waals surface area contributed by atoms with E-state index in [1.807, 2.05) is 0 Å². The van der Waals surface area contributed by atoms with Crippen molar-refractivity contribution in [1.82, 2.24) is 14.6 Å². The molecule has 2 aromatic heterocycles. The van der Waals surface area contributed by atoms with Gasteiger partial charge >= 0.3 is 0 Å². The molecule has 0 saturated carbocycles. The van der Waals surface area contributed by atoms with E-state index in [2.05, 4.69) is 20.1 Å². The first kappa shape index (κ1) is 13.6. The summed E-state index contributed by atoms with van der Waals surface area (Å²) >= 11 is 5.78. The Hall–Kier alpha value is -1.86. The van der Waals surface area contributed by atoms with Crippen molar-refractivity contribution in [3.63, 3.8) is 0 Å². The van der Waals surface area contributed by atoms with Crippen molar-refractivity contribution in [2.75, 3.05) is 6.54 Å². The predicted molar refractivity (Wildman–Crippen MR) is 67.6 cm³/mol. The Morgan fingerprint density at radius 3 is 3.00 bits per heavy atom. The van der Waals surface area contributed by atoms with Gasteiger partial charge in [-0.15, -0.1) is 0 Å². The van der Waals surface area contributed by atoms with E-state index in [-0.39, 0.29) is 18.1 Å². The predicted octanol–water partition coefficient (Wildman–Crippen LogP) is 1.48. The lowest BCUT2D eigenvalue weighted by Crippen LogP contribution is -2.21. The topological polar surface area (TPSA) is 119 Å². The zero-order valence-electron chi connectivity index (χ0n) is 9.76. The van der Waals surface area contributed by atoms with Crippen LogP contribution in [0.4, 0.5) is 0 Å². The van der Waals surface area contributed by atoms with E-state index in [1.54, 1.807) is 12.1 Å². The lowest BCUT2D eigenvalue weighted by molar-refractivity contribution is 0.0115. The molecule has 2 aromatic rings. The van der Waals surface area contributed by atoms with E-state index in [0.29, 0.717) is 11.3 Å². The van der Waals surface area contributed by atoms with Gasteiger partial charge in [0.25, 0.3) is 0 Å². The number of halogens is 1. The number of aliphatic hydroxyl groups is 2. The van der Waals surface area contributed by atoms with Gasteiger partial charge in [-0.05, 0) is 24.1 Å². The van der Waals surface area contributed by atoms with Gasteiger partial charge in [0.05, 0.1) is 18.0 Å². The van der Waals surface area contributed by atoms with Gasteiger partial charge in [-0.1, -0.05) is 16.7 Å². The fraction of sp³-hybridized carbons (Fsp3) is 0.400. The molecule has 0 aromatic carbocycles. The smallest absolute Gasteiger partial charge is 0.153 e. The summed E-state index contributed by atoms with van der Waals surface area (Å²) in [7, 11) is 0. The fourth-order valence-corrected chi connectivity index (χ4v) is 1.80. The van der Waals surface area contributed by atoms with Gasteiger partial charge in [0, 0.05) is 11.5 Å². The number of rotatable bonds is 5. The van der Waals surface area contributed by atoms with Gasteiger partial charge < -0.3 is 10.2 Å². The molecule has 0 aliphatic heterocycles. The molecule has 2 atom stereocenters. The number of nitrogens with zero attached hydrogens (tertiary/aromatic N) is 6. The summed E-state index contributed by atoms with van der Waals surface area (Å²) in [5.74, 6) is 0. The summed E-state index contributed by atoms with van der Waals surface area (Å²) in [5, 5.41) is 27.4. The second-order valence-electron chi connectivity index (χ2n) is 3.86. The number of azide groups is 1. The van der Waals surface area contributed by atoms with Gasteiger partial charge in [-0.2, -0.15) is 5.10 Å². The minimum atomic E-state index is -1.19. The highest BCUT2D eigenvalue weighted by Gasteiger charge is 2.22. The Labute approximate surface area is 112 Å². The summed E-state index contributed by atoms with van der Waals surface area (Å²) in [6.07, 6.45) is -0.708. The highest BCUT2D eigenvalue weighted by atomic mass is 35.5. The molecule has 0 aliphatic rings. The molecule has 19 heavy (non-hydrogen) atoms. The van der Waals surface area contributed by atoms with E-state index < -0.39 is 12.2 Å². The van der Waals surface area contributed by atoms with E-state index in [1.165, 1.54) is 10.7 Å². The van der Waals surface area contributed by atoms with Crippen LogP contribution in [-0.2, 0) is 0 Å². The quantitative estimate of drug-likeness (QED) is 0.490. The maximum Gasteiger partial charge on any atom is 0.153 e. The van der Waals surface area contributed by atoms with Gasteiger partial charge in [-0.3, -0.25) is 0 Å². The Morgan fingerprint density at radius 1 is 1.47 bits per heavy atom. The summed E-state index contributed by atoms with van der Waals surface area (Å²) in [5.41, 5.74) is 8.99. The lowest BCUT2D eigenvalue weighted by Gasteiger charge is -2.16. The first-order valence-corrected chi connectivity index (χ1v) is 5.88. The van der Waals surface area contributed by atoms with E-state index in [4.69, 9.17) is 17.1 Å². The highest BCUT2D eigenvalue weighted by molar-refractivity contribution is 6.29. The van der Waals surface area contributed by atoms with Crippen LogP contribution in [-0.4, -0.2) is 37.5 Å². The molecule has 0 radical (unpaired) electrons. The average molecular weight is 283 g/mol. The average Bonchev–Trinajstić information content (AvgIpc) is 2.80. The maximum absolute atomic E-state index is 10.0. The van der Waals surface area contributed by atoms with Crippen molar-refractivity contribution in [3.05, 3.63) is 39.6 Å². The molecule has 2 unspecified atom stereocenters. The molecule has 0 saturated heterocycles. The SMILES string of the molecule is [N-]=[N+]=NCCC(O)C(O)c1cnc2ccc(Cl)nn12. The van der Waals surface area contributed by atoms with Crippen LogP contribution in [0.15, 0.2) is 23.4 Å². The Kier molecular flexibility index (Phi) is 4.18. The molecule has 0 spiro atoms. The molecular weight excluding hydrogens is 272 g/mol. The van der Waals surface area contributed by atoms with Crippen molar-refractivity contribution >= 4 is 17.2 Å². The van der Waals surface area contributed by atoms with Crippen LogP contribution in [0.25, 0.3) is 16.1 Å². The minimum absolute atomic E-state index is 0.0969. The van der Waals surface area contributed by atoms with Crippen LogP contribution in [0.1, 0.15) is 18.2 Å². The zero-order valence-corrected chi connectivity index (χ0v) is 10.5. The fourth-order valence-electron chi connectivity index (χ4n) is 1.66. The minimum Gasteiger partial charge on any atom is -0.390 e. The van der Waals surface area contributed by atoms with Crippen molar-refractivity contribution in [2.45, 2.75) is 18.6 Å². The standard InChI is InChI=1S/C10H11ClN6O2/c11-8-1-2-9-13-5-6(17(9)15-8)10(19)7(18)3-4-14-16-12/h1-2,5,7,10,18-19H,3-4H2. The molecule has 0 amide bonds. The third-order valence-electron chi connectivity index (χ3n) is 2.61. The number of aliphatic hydroxyl groups excluding tert-OH is 2. The molecular formula is C10H11ClN6O2. The third kappa shape index (κ3) is 2.94. The molecule has 9 heteroatoms. The second-order valence-corrected chi connectivity index (χ2v) is 4.25. The number of hydrogen-bond donors (Lipinski definition) is 2. The van der Waals surface area contributed by atoms with Crippen molar-refractivity contribution in [1.29, 1.82) is 0 Å². The monoisotopic (exact) mass is 282 g/mol. The van der Waals surface area contributed by atoms with Gasteiger partial charge in [0.2, 0.25) is 0 Å². The first-order valence-electron chi connectivity index (χ1n) is 5.50. The number of imidazole rings is 1. The Morgan fingerprint density at radius 2 is 2.26 bits per heavy atom. The van der Waals surface area contributed by atoms with Crippen LogP contribution < -0.4 is 0 Å². The van der Waals surface area contributed by atoms with Crippen LogP contribution >= 0.6 is 11.6 Å². The number of hydrogen-bond acceptors (Lipinski definition) is 5. The molecule has 8 nitrogen and oxygen atoms in total. The van der Waals surface area contributed by atoms with Gasteiger partial charge in [-0.25, -0.2) is 9.50 Å². The van der Waals surface area contributed by atoms with Crippen molar-refractivity contribution in [2.24, 2.45) is 5.11 Å². The molecule has 2 N–H and O–H groups in total. The zero-order chi connectivity index (χ0) is 13.8. The third-order valence-corrected chi connectivity index (χ3v) is 2.81. The lowest BCUT2D eigenvalue weighted by atomic mass is 10.1. The van der Waals surface area contributed by atoms with E-state index in [9.17, 15) is 10.2 Å². The molecule has 2 rings (SSSR count). The molecule has 0 aliphatic carbocycles. The van der Waals surface area contributed by atoms with Crippen LogP contribution in [0.2, 0.25) is 5.15 Å². The molecule has 2 heterocycles. The summed E-state index contributed by atoms with van der Waals surface area (Å²) in [4.78, 5) is 6.62. The molecule has 0 fully saturated rings. The van der Waals surface area contributed by atoms with Crippen molar-refractivity contribution in [3.8, 4) is 0 Å². The largest absolute Gasteiger partial charge is 0.390 e. The summed E-state index contributed by atoms with van der Waals surface area (Å²) in [6, 6.07) is 3.23. The Balaban J connectivity index is 2.23. The highest BCUT2D eigenvalue weighted by Crippen LogP contribution is 2.20. The molecule has 100 valence electrons. The van der Waals surface area contributed by atoms with E-state index in [0.717, 1.165) is 0 Å². The van der Waals surface area contributed by atoms with Gasteiger partial charge in [0.1, 0.15) is 11.3 Å².